The maximum Gasteiger partial charge on any atom is 0.305 e. The summed E-state index contributed by atoms with van der Waals surface area (Å²) in [6, 6.07) is 0.0324. The molecule has 0 radical (unpaired) electrons. The lowest BCUT2D eigenvalue weighted by atomic mass is 10.1. The van der Waals surface area contributed by atoms with Gasteiger partial charge in [0.15, 0.2) is 0 Å². The fourth-order valence-corrected chi connectivity index (χ4v) is 1.15. The third-order valence-electron chi connectivity index (χ3n) is 1.83. The van der Waals surface area contributed by atoms with Crippen LogP contribution in [0.1, 0.15) is 25.8 Å². The van der Waals surface area contributed by atoms with Crippen LogP contribution < -0.4 is 0 Å². The van der Waals surface area contributed by atoms with Crippen molar-refractivity contribution in [2.75, 3.05) is 0 Å². The van der Waals surface area contributed by atoms with Crippen LogP contribution in [-0.2, 0) is 4.79 Å². The summed E-state index contributed by atoms with van der Waals surface area (Å²) in [7, 11) is 0. The molecule has 13 heavy (non-hydrogen) atoms. The average molecular weight is 205 g/mol. The molecule has 0 spiro atoms. The van der Waals surface area contributed by atoms with Gasteiger partial charge < -0.3 is 9.67 Å². The maximum atomic E-state index is 10.4. The molecule has 1 aromatic heterocycles. The number of carboxylic acid groups (broad SMARTS) is 1. The van der Waals surface area contributed by atoms with E-state index in [0.717, 1.165) is 6.42 Å². The van der Waals surface area contributed by atoms with Crippen LogP contribution in [0.15, 0.2) is 18.7 Å². The number of nitrogens with zero attached hydrogens (tertiary/aromatic N) is 2. The van der Waals surface area contributed by atoms with Gasteiger partial charge in [0.05, 0.1) is 12.7 Å². The molecule has 0 aliphatic rings. The molecule has 0 saturated heterocycles. The van der Waals surface area contributed by atoms with Crippen molar-refractivity contribution >= 4 is 18.4 Å². The lowest BCUT2D eigenvalue weighted by molar-refractivity contribution is -0.137. The number of hydrogen-bond donors (Lipinski definition) is 1. The number of aromatic nitrogens is 2. The van der Waals surface area contributed by atoms with E-state index in [1.54, 1.807) is 18.7 Å². The van der Waals surface area contributed by atoms with Crippen LogP contribution in [0.3, 0.4) is 0 Å². The van der Waals surface area contributed by atoms with Crippen LogP contribution in [0.4, 0.5) is 0 Å². The number of halogens is 1. The molecule has 4 nitrogen and oxygen atoms in total. The maximum absolute atomic E-state index is 10.4. The second-order valence-electron chi connectivity index (χ2n) is 2.67. The third kappa shape index (κ3) is 3.46. The molecule has 0 aromatic carbocycles. The van der Waals surface area contributed by atoms with Gasteiger partial charge in [-0.05, 0) is 6.42 Å². The first kappa shape index (κ1) is 12.0. The normalized spacial score (nSPS) is 11.8. The SMILES string of the molecule is CCC(CC(=O)O)n1ccnc1.Cl. The predicted molar refractivity (Wildman–Crippen MR) is 51.1 cm³/mol. The Hall–Kier alpha value is -1.03. The van der Waals surface area contributed by atoms with Crippen molar-refractivity contribution < 1.29 is 9.90 Å². The smallest absolute Gasteiger partial charge is 0.305 e. The van der Waals surface area contributed by atoms with Crippen molar-refractivity contribution in [3.63, 3.8) is 0 Å². The molecule has 0 saturated carbocycles. The fraction of sp³-hybridized carbons (Fsp3) is 0.500. The summed E-state index contributed by atoms with van der Waals surface area (Å²) in [5.41, 5.74) is 0. The van der Waals surface area contributed by atoms with E-state index in [9.17, 15) is 4.79 Å². The van der Waals surface area contributed by atoms with Gasteiger partial charge in [-0.2, -0.15) is 0 Å². The quantitative estimate of drug-likeness (QED) is 0.813. The lowest BCUT2D eigenvalue weighted by Crippen LogP contribution is -2.11. The van der Waals surface area contributed by atoms with Gasteiger partial charge in [-0.15, -0.1) is 12.4 Å². The number of rotatable bonds is 4. The molecule has 0 fully saturated rings. The van der Waals surface area contributed by atoms with Gasteiger partial charge in [-0.25, -0.2) is 4.98 Å². The second-order valence-corrected chi connectivity index (χ2v) is 2.67. The standard InChI is InChI=1S/C8H12N2O2.ClH/c1-2-7(5-8(11)12)10-4-3-9-6-10;/h3-4,6-7H,2,5H2,1H3,(H,11,12);1H. The number of imidazole rings is 1. The summed E-state index contributed by atoms with van der Waals surface area (Å²) < 4.78 is 1.83. The lowest BCUT2D eigenvalue weighted by Gasteiger charge is -2.12. The topological polar surface area (TPSA) is 55.1 Å². The Bertz CT molecular complexity index is 249. The van der Waals surface area contributed by atoms with Crippen LogP contribution in [0.5, 0.6) is 0 Å². The van der Waals surface area contributed by atoms with Crippen molar-refractivity contribution in [3.05, 3.63) is 18.7 Å². The first-order valence-electron chi connectivity index (χ1n) is 3.93. The van der Waals surface area contributed by atoms with E-state index in [-0.39, 0.29) is 24.9 Å². The van der Waals surface area contributed by atoms with Gasteiger partial charge in [0.1, 0.15) is 0 Å². The molecule has 1 unspecified atom stereocenters. The van der Waals surface area contributed by atoms with Crippen LogP contribution >= 0.6 is 12.4 Å². The van der Waals surface area contributed by atoms with Crippen molar-refractivity contribution in [2.24, 2.45) is 0 Å². The Morgan fingerprint density at radius 2 is 2.38 bits per heavy atom. The zero-order chi connectivity index (χ0) is 8.97. The van der Waals surface area contributed by atoms with Crippen molar-refractivity contribution in [1.29, 1.82) is 0 Å². The van der Waals surface area contributed by atoms with E-state index < -0.39 is 5.97 Å². The molecule has 0 bridgehead atoms. The molecule has 74 valence electrons. The summed E-state index contributed by atoms with van der Waals surface area (Å²) in [6.45, 7) is 1.97. The van der Waals surface area contributed by atoms with Crippen LogP contribution in [0.2, 0.25) is 0 Å². The molecule has 1 rings (SSSR count). The monoisotopic (exact) mass is 204 g/mol. The fourth-order valence-electron chi connectivity index (χ4n) is 1.15. The highest BCUT2D eigenvalue weighted by Gasteiger charge is 2.11. The second kappa shape index (κ2) is 5.59. The van der Waals surface area contributed by atoms with E-state index in [2.05, 4.69) is 4.98 Å². The van der Waals surface area contributed by atoms with E-state index in [4.69, 9.17) is 5.11 Å². The highest BCUT2D eigenvalue weighted by atomic mass is 35.5. The Morgan fingerprint density at radius 3 is 2.77 bits per heavy atom. The van der Waals surface area contributed by atoms with Gasteiger partial charge in [0.25, 0.3) is 0 Å². The van der Waals surface area contributed by atoms with Crippen LogP contribution in [-0.4, -0.2) is 20.6 Å². The van der Waals surface area contributed by atoms with Crippen LogP contribution in [0.25, 0.3) is 0 Å². The minimum atomic E-state index is -0.768. The molecular weight excluding hydrogens is 192 g/mol. The molecule has 1 atom stereocenters. The molecule has 1 N–H and O–H groups in total. The average Bonchev–Trinajstić information content (AvgIpc) is 2.51. The number of aliphatic carboxylic acids is 1. The minimum absolute atomic E-state index is 0. The van der Waals surface area contributed by atoms with E-state index >= 15 is 0 Å². The van der Waals surface area contributed by atoms with Gasteiger partial charge in [-0.3, -0.25) is 4.79 Å². The van der Waals surface area contributed by atoms with Crippen molar-refractivity contribution in [3.8, 4) is 0 Å². The molecule has 1 aromatic rings. The molecule has 1 heterocycles. The molecule has 0 aliphatic carbocycles. The van der Waals surface area contributed by atoms with E-state index in [0.29, 0.717) is 0 Å². The summed E-state index contributed by atoms with van der Waals surface area (Å²) in [5.74, 6) is -0.768. The number of carboxylic acids is 1. The number of hydrogen-bond acceptors (Lipinski definition) is 2. The summed E-state index contributed by atoms with van der Waals surface area (Å²) in [5, 5.41) is 8.58. The largest absolute Gasteiger partial charge is 0.481 e. The zero-order valence-electron chi connectivity index (χ0n) is 7.38. The van der Waals surface area contributed by atoms with Gasteiger partial charge in [-0.1, -0.05) is 6.92 Å². The summed E-state index contributed by atoms with van der Waals surface area (Å²) in [6.07, 6.45) is 6.06. The third-order valence-corrected chi connectivity index (χ3v) is 1.83. The molecular formula is C8H13ClN2O2. The van der Waals surface area contributed by atoms with Crippen molar-refractivity contribution in [1.82, 2.24) is 9.55 Å². The summed E-state index contributed by atoms with van der Waals surface area (Å²) in [4.78, 5) is 14.3. The zero-order valence-corrected chi connectivity index (χ0v) is 8.20. The van der Waals surface area contributed by atoms with Gasteiger partial charge in [0, 0.05) is 18.4 Å². The number of carbonyl (C=O) groups is 1. The Labute approximate surface area is 83.0 Å². The summed E-state index contributed by atoms with van der Waals surface area (Å²) >= 11 is 0. The highest BCUT2D eigenvalue weighted by molar-refractivity contribution is 5.85. The predicted octanol–water partition coefficient (Wildman–Crippen LogP) is 1.73. The Morgan fingerprint density at radius 1 is 1.69 bits per heavy atom. The highest BCUT2D eigenvalue weighted by Crippen LogP contribution is 2.14. The van der Waals surface area contributed by atoms with Crippen molar-refractivity contribution in [2.45, 2.75) is 25.8 Å². The first-order valence-corrected chi connectivity index (χ1v) is 3.93. The molecule has 0 aliphatic heterocycles. The molecule has 0 amide bonds. The minimum Gasteiger partial charge on any atom is -0.481 e. The van der Waals surface area contributed by atoms with Gasteiger partial charge in [0.2, 0.25) is 0 Å². The van der Waals surface area contributed by atoms with E-state index in [1.165, 1.54) is 0 Å². The molecule has 5 heteroatoms. The Kier molecular flexibility index (Phi) is 5.14. The first-order chi connectivity index (χ1) is 5.74. The Balaban J connectivity index is 0.00000144. The van der Waals surface area contributed by atoms with Crippen LogP contribution in [0, 0.1) is 0 Å². The van der Waals surface area contributed by atoms with E-state index in [1.807, 2.05) is 11.5 Å². The van der Waals surface area contributed by atoms with Gasteiger partial charge >= 0.3 is 5.97 Å².